The van der Waals surface area contributed by atoms with Crippen molar-refractivity contribution in [2.75, 3.05) is 26.9 Å². The molecule has 0 aromatic heterocycles. The molecule has 0 bridgehead atoms. The summed E-state index contributed by atoms with van der Waals surface area (Å²) in [6, 6.07) is 9.55. The average molecular weight is 471 g/mol. The largest absolute Gasteiger partial charge is 0.491 e. The van der Waals surface area contributed by atoms with E-state index in [0.29, 0.717) is 19.8 Å². The first-order chi connectivity index (χ1) is 17.8. The molecule has 0 aliphatic heterocycles. The second-order valence-corrected chi connectivity index (χ2v) is 6.28. The Hall–Kier alpha value is -5.22. The molecule has 4 heteroatoms. The van der Waals surface area contributed by atoms with Crippen molar-refractivity contribution in [3.63, 3.8) is 0 Å². The van der Waals surface area contributed by atoms with Crippen LogP contribution in [0.4, 0.5) is 0 Å². The van der Waals surface area contributed by atoms with E-state index in [0.717, 1.165) is 12.2 Å². The molecule has 1 aromatic rings. The van der Waals surface area contributed by atoms with Crippen molar-refractivity contribution in [2.24, 2.45) is 0 Å². The van der Waals surface area contributed by atoms with Gasteiger partial charge in [0.05, 0.1) is 12.7 Å². The second-order valence-electron chi connectivity index (χ2n) is 6.28. The van der Waals surface area contributed by atoms with Gasteiger partial charge >= 0.3 is 0 Å². The minimum Gasteiger partial charge on any atom is -0.491 e. The van der Waals surface area contributed by atoms with E-state index in [-0.39, 0.29) is 12.2 Å². The van der Waals surface area contributed by atoms with Gasteiger partial charge in [0.1, 0.15) is 31.2 Å². The predicted molar refractivity (Wildman–Crippen MR) is 140 cm³/mol. The SMILES string of the molecule is C#CC#CC#CC#CC#CC#CC#CC#CC#COCC(CC)OCC(COc1ccccc1)OC. The second kappa shape index (κ2) is 21.6. The van der Waals surface area contributed by atoms with Crippen LogP contribution in [-0.2, 0) is 14.2 Å². The van der Waals surface area contributed by atoms with Gasteiger partial charge in [-0.1, -0.05) is 25.1 Å². The molecule has 0 saturated carbocycles. The van der Waals surface area contributed by atoms with Crippen LogP contribution in [0.5, 0.6) is 5.75 Å². The van der Waals surface area contributed by atoms with Gasteiger partial charge in [0.25, 0.3) is 0 Å². The molecule has 0 aliphatic rings. The number of benzene rings is 1. The fourth-order valence-electron chi connectivity index (χ4n) is 2.06. The molecule has 4 nitrogen and oxygen atoms in total. The smallest absolute Gasteiger partial charge is 0.126 e. The number of terminal acetylenes is 1. The zero-order valence-electron chi connectivity index (χ0n) is 20.1. The number of hydrogen-bond donors (Lipinski definition) is 0. The molecule has 0 N–H and O–H groups in total. The van der Waals surface area contributed by atoms with Gasteiger partial charge in [-0.05, 0) is 65.9 Å². The molecule has 1 aromatic carbocycles. The summed E-state index contributed by atoms with van der Waals surface area (Å²) in [5.74, 6) is 40.4. The maximum absolute atomic E-state index is 5.86. The summed E-state index contributed by atoms with van der Waals surface area (Å²) in [7, 11) is 1.62. The molecule has 0 radical (unpaired) electrons. The first kappa shape index (κ1) is 28.8. The lowest BCUT2D eigenvalue weighted by Gasteiger charge is -2.20. The summed E-state index contributed by atoms with van der Waals surface area (Å²) in [6.07, 6.45) is 7.89. The van der Waals surface area contributed by atoms with Crippen LogP contribution in [0.25, 0.3) is 0 Å². The Labute approximate surface area is 214 Å². The first-order valence-electron chi connectivity index (χ1n) is 10.7. The van der Waals surface area contributed by atoms with Gasteiger partial charge in [0, 0.05) is 54.5 Å². The molecule has 2 atom stereocenters. The van der Waals surface area contributed by atoms with Crippen LogP contribution in [-0.4, -0.2) is 39.1 Å². The number of hydrogen-bond acceptors (Lipinski definition) is 4. The molecular weight excluding hydrogens is 448 g/mol. The normalized spacial score (nSPS) is 9.14. The van der Waals surface area contributed by atoms with Gasteiger partial charge in [-0.15, -0.1) is 6.42 Å². The molecule has 0 heterocycles. The molecule has 0 saturated heterocycles. The average Bonchev–Trinajstić information content (AvgIpc) is 2.91. The minimum absolute atomic E-state index is 0.128. The highest BCUT2D eigenvalue weighted by Gasteiger charge is 2.13. The van der Waals surface area contributed by atoms with Crippen molar-refractivity contribution in [2.45, 2.75) is 25.6 Å². The zero-order chi connectivity index (χ0) is 25.9. The number of rotatable bonds is 10. The number of para-hydroxylation sites is 1. The van der Waals surface area contributed by atoms with Crippen LogP contribution >= 0.6 is 0 Å². The highest BCUT2D eigenvalue weighted by molar-refractivity contribution is 5.46. The van der Waals surface area contributed by atoms with E-state index in [2.05, 4.69) is 101 Å². The van der Waals surface area contributed by atoms with Crippen molar-refractivity contribution in [3.05, 3.63) is 30.3 Å². The maximum Gasteiger partial charge on any atom is 0.126 e. The third-order valence-corrected chi connectivity index (χ3v) is 3.83. The molecule has 36 heavy (non-hydrogen) atoms. The number of methoxy groups -OCH3 is 1. The summed E-state index contributed by atoms with van der Waals surface area (Å²) >= 11 is 0. The summed E-state index contributed by atoms with van der Waals surface area (Å²) < 4.78 is 22.3. The molecular formula is C32H22O4. The van der Waals surface area contributed by atoms with Crippen molar-refractivity contribution in [1.29, 1.82) is 0 Å². The predicted octanol–water partition coefficient (Wildman–Crippen LogP) is 2.51. The lowest BCUT2D eigenvalue weighted by Crippen LogP contribution is -2.30. The van der Waals surface area contributed by atoms with Gasteiger partial charge in [-0.3, -0.25) is 0 Å². The van der Waals surface area contributed by atoms with E-state index >= 15 is 0 Å². The fourth-order valence-corrected chi connectivity index (χ4v) is 2.06. The zero-order valence-corrected chi connectivity index (χ0v) is 20.1. The highest BCUT2D eigenvalue weighted by atomic mass is 16.6. The van der Waals surface area contributed by atoms with Gasteiger partial charge in [-0.2, -0.15) is 0 Å². The fraction of sp³-hybridized carbons (Fsp3) is 0.250. The van der Waals surface area contributed by atoms with E-state index in [1.807, 2.05) is 37.3 Å². The molecule has 0 amide bonds. The third-order valence-electron chi connectivity index (χ3n) is 3.83. The summed E-state index contributed by atoms with van der Waals surface area (Å²) in [6.45, 7) is 3.08. The van der Waals surface area contributed by atoms with E-state index in [1.54, 1.807) is 7.11 Å². The molecule has 0 aliphatic carbocycles. The van der Waals surface area contributed by atoms with Crippen LogP contribution in [0, 0.1) is 107 Å². The Balaban J connectivity index is 2.33. The topological polar surface area (TPSA) is 36.9 Å². The van der Waals surface area contributed by atoms with Gasteiger partial charge in [0.2, 0.25) is 0 Å². The van der Waals surface area contributed by atoms with Crippen LogP contribution in [0.15, 0.2) is 30.3 Å². The summed E-state index contributed by atoms with van der Waals surface area (Å²) in [4.78, 5) is 0. The van der Waals surface area contributed by atoms with Crippen molar-refractivity contribution >= 4 is 0 Å². The molecule has 2 unspecified atom stereocenters. The van der Waals surface area contributed by atoms with Gasteiger partial charge in [-0.25, -0.2) is 0 Å². The van der Waals surface area contributed by atoms with Crippen LogP contribution in [0.3, 0.4) is 0 Å². The summed E-state index contributed by atoms with van der Waals surface area (Å²) in [5.41, 5.74) is 0. The monoisotopic (exact) mass is 470 g/mol. The van der Waals surface area contributed by atoms with Crippen LogP contribution in [0.2, 0.25) is 0 Å². The molecule has 174 valence electrons. The maximum atomic E-state index is 5.86. The Morgan fingerprint density at radius 1 is 0.667 bits per heavy atom. The Kier molecular flexibility index (Phi) is 17.3. The van der Waals surface area contributed by atoms with E-state index in [9.17, 15) is 0 Å². The Morgan fingerprint density at radius 2 is 1.19 bits per heavy atom. The van der Waals surface area contributed by atoms with E-state index in [4.69, 9.17) is 25.4 Å². The van der Waals surface area contributed by atoms with E-state index < -0.39 is 0 Å². The van der Waals surface area contributed by atoms with Gasteiger partial charge < -0.3 is 18.9 Å². The van der Waals surface area contributed by atoms with Crippen molar-refractivity contribution in [1.82, 2.24) is 0 Å². The quantitative estimate of drug-likeness (QED) is 0.493. The minimum atomic E-state index is -0.198. The number of ether oxygens (including phenoxy) is 4. The van der Waals surface area contributed by atoms with Crippen LogP contribution < -0.4 is 4.74 Å². The third kappa shape index (κ3) is 16.4. The van der Waals surface area contributed by atoms with Crippen molar-refractivity contribution in [3.8, 4) is 113 Å². The molecule has 0 spiro atoms. The van der Waals surface area contributed by atoms with Gasteiger partial charge in [0.15, 0.2) is 0 Å². The standard InChI is InChI=1S/C32H22O4/c1-4-6-7-8-9-10-11-12-13-14-15-16-17-18-19-23-26-34-27-30(5-2)35-28-32(33-3)29-36-31-24-21-20-22-25-31/h1,20-22,24-25,30,32H,5,27-29H2,2-3H3. The molecule has 0 fully saturated rings. The first-order valence-corrected chi connectivity index (χ1v) is 10.7. The summed E-state index contributed by atoms with van der Waals surface area (Å²) in [5, 5.41) is 0. The highest BCUT2D eigenvalue weighted by Crippen LogP contribution is 2.10. The Morgan fingerprint density at radius 3 is 1.69 bits per heavy atom. The van der Waals surface area contributed by atoms with E-state index in [1.165, 1.54) is 0 Å². The lowest BCUT2D eigenvalue weighted by molar-refractivity contribution is -0.0578. The lowest BCUT2D eigenvalue weighted by atomic mass is 10.3. The molecule has 1 rings (SSSR count). The van der Waals surface area contributed by atoms with Crippen LogP contribution in [0.1, 0.15) is 13.3 Å². The Bertz CT molecular complexity index is 1370. The van der Waals surface area contributed by atoms with Crippen molar-refractivity contribution < 1.29 is 18.9 Å².